The number of hydrogen-bond donors (Lipinski definition) is 2. The van der Waals surface area contributed by atoms with Crippen molar-refractivity contribution in [3.63, 3.8) is 0 Å². The van der Waals surface area contributed by atoms with Gasteiger partial charge >= 0.3 is 0 Å². The van der Waals surface area contributed by atoms with Crippen LogP contribution in [-0.4, -0.2) is 18.3 Å². The first kappa shape index (κ1) is 16.6. The van der Waals surface area contributed by atoms with E-state index in [1.54, 1.807) is 6.07 Å². The molecule has 0 aromatic heterocycles. The van der Waals surface area contributed by atoms with Crippen molar-refractivity contribution in [3.05, 3.63) is 34.1 Å². The maximum atomic E-state index is 13.0. The fourth-order valence-electron chi connectivity index (χ4n) is 2.25. The molecule has 0 aliphatic heterocycles. The Kier molecular flexibility index (Phi) is 7.57. The van der Waals surface area contributed by atoms with Crippen LogP contribution < -0.4 is 5.32 Å². The van der Waals surface area contributed by atoms with Crippen molar-refractivity contribution >= 4 is 15.9 Å². The Hall–Kier alpha value is -0.450. The standard InChI is InChI=1S/C15H23BrFNO/c1-3-4-12(7-8-19)10-18-11(2)14-6-5-13(17)9-15(14)16/h5-6,9,11-12,18-19H,3-4,7-8,10H2,1-2H3. The third kappa shape index (κ3) is 5.59. The zero-order chi connectivity index (χ0) is 14.3. The molecule has 0 radical (unpaired) electrons. The van der Waals surface area contributed by atoms with Crippen LogP contribution in [0.1, 0.15) is 44.7 Å². The average Bonchev–Trinajstić information content (AvgIpc) is 2.36. The zero-order valence-electron chi connectivity index (χ0n) is 11.6. The minimum atomic E-state index is -0.230. The second kappa shape index (κ2) is 8.67. The molecule has 2 unspecified atom stereocenters. The molecule has 0 heterocycles. The molecule has 1 aromatic carbocycles. The second-order valence-electron chi connectivity index (χ2n) is 4.96. The maximum Gasteiger partial charge on any atom is 0.124 e. The van der Waals surface area contributed by atoms with Crippen molar-refractivity contribution in [2.75, 3.05) is 13.2 Å². The van der Waals surface area contributed by atoms with E-state index in [-0.39, 0.29) is 18.5 Å². The summed E-state index contributed by atoms with van der Waals surface area (Å²) in [6.45, 7) is 5.34. The molecule has 4 heteroatoms. The largest absolute Gasteiger partial charge is 0.396 e. The SMILES string of the molecule is CCCC(CCO)CNC(C)c1ccc(F)cc1Br. The predicted molar refractivity (Wildman–Crippen MR) is 80.6 cm³/mol. The van der Waals surface area contributed by atoms with Gasteiger partial charge in [0, 0.05) is 17.1 Å². The number of nitrogens with one attached hydrogen (secondary N) is 1. The first-order valence-corrected chi connectivity index (χ1v) is 7.67. The molecule has 0 amide bonds. The van der Waals surface area contributed by atoms with Crippen molar-refractivity contribution < 1.29 is 9.50 Å². The topological polar surface area (TPSA) is 32.3 Å². The van der Waals surface area contributed by atoms with Gasteiger partial charge < -0.3 is 10.4 Å². The fraction of sp³-hybridized carbons (Fsp3) is 0.600. The first-order chi connectivity index (χ1) is 9.08. The van der Waals surface area contributed by atoms with Crippen molar-refractivity contribution in [1.29, 1.82) is 0 Å². The Labute approximate surface area is 123 Å². The van der Waals surface area contributed by atoms with Crippen LogP contribution in [0.5, 0.6) is 0 Å². The van der Waals surface area contributed by atoms with E-state index in [1.165, 1.54) is 12.1 Å². The molecule has 0 saturated carbocycles. The van der Waals surface area contributed by atoms with Crippen LogP contribution in [0.3, 0.4) is 0 Å². The third-order valence-electron chi connectivity index (χ3n) is 3.38. The van der Waals surface area contributed by atoms with Crippen molar-refractivity contribution in [2.45, 2.75) is 39.2 Å². The van der Waals surface area contributed by atoms with Crippen LogP contribution in [-0.2, 0) is 0 Å². The van der Waals surface area contributed by atoms with Crippen molar-refractivity contribution in [3.8, 4) is 0 Å². The number of hydrogen-bond acceptors (Lipinski definition) is 2. The molecule has 0 spiro atoms. The van der Waals surface area contributed by atoms with Gasteiger partial charge in [0.1, 0.15) is 5.82 Å². The zero-order valence-corrected chi connectivity index (χ0v) is 13.2. The third-order valence-corrected chi connectivity index (χ3v) is 4.06. The summed E-state index contributed by atoms with van der Waals surface area (Å²) in [4.78, 5) is 0. The highest BCUT2D eigenvalue weighted by atomic mass is 79.9. The molecule has 0 fully saturated rings. The number of aliphatic hydroxyl groups is 1. The Bertz CT molecular complexity index is 380. The van der Waals surface area contributed by atoms with Gasteiger partial charge in [0.05, 0.1) is 0 Å². The Balaban J connectivity index is 2.55. The smallest absolute Gasteiger partial charge is 0.124 e. The van der Waals surface area contributed by atoms with Gasteiger partial charge in [0.25, 0.3) is 0 Å². The summed E-state index contributed by atoms with van der Waals surface area (Å²) in [5.41, 5.74) is 1.06. The van der Waals surface area contributed by atoms with E-state index in [0.29, 0.717) is 5.92 Å². The highest BCUT2D eigenvalue weighted by Crippen LogP contribution is 2.24. The lowest BCUT2D eigenvalue weighted by Gasteiger charge is -2.21. The lowest BCUT2D eigenvalue weighted by molar-refractivity contribution is 0.245. The Morgan fingerprint density at radius 2 is 2.11 bits per heavy atom. The molecule has 2 atom stereocenters. The summed E-state index contributed by atoms with van der Waals surface area (Å²) in [6, 6.07) is 4.94. The van der Waals surface area contributed by atoms with Gasteiger partial charge in [-0.15, -0.1) is 0 Å². The van der Waals surface area contributed by atoms with E-state index in [0.717, 1.165) is 35.8 Å². The molecule has 1 aromatic rings. The lowest BCUT2D eigenvalue weighted by Crippen LogP contribution is -2.26. The van der Waals surface area contributed by atoms with Crippen molar-refractivity contribution in [2.24, 2.45) is 5.92 Å². The van der Waals surface area contributed by atoms with Crippen LogP contribution in [0, 0.1) is 11.7 Å². The van der Waals surface area contributed by atoms with E-state index in [4.69, 9.17) is 5.11 Å². The highest BCUT2D eigenvalue weighted by molar-refractivity contribution is 9.10. The molecule has 19 heavy (non-hydrogen) atoms. The minimum Gasteiger partial charge on any atom is -0.396 e. The quantitative estimate of drug-likeness (QED) is 0.753. The van der Waals surface area contributed by atoms with Crippen LogP contribution in [0.25, 0.3) is 0 Å². The summed E-state index contributed by atoms with van der Waals surface area (Å²) in [5.74, 6) is 0.267. The van der Waals surface area contributed by atoms with Crippen LogP contribution in [0.4, 0.5) is 4.39 Å². The second-order valence-corrected chi connectivity index (χ2v) is 5.82. The van der Waals surface area contributed by atoms with Crippen LogP contribution in [0.15, 0.2) is 22.7 Å². The summed E-state index contributed by atoms with van der Waals surface area (Å²) in [6.07, 6.45) is 3.07. The van der Waals surface area contributed by atoms with E-state index < -0.39 is 0 Å². The molecule has 0 aliphatic carbocycles. The molecule has 1 rings (SSSR count). The van der Waals surface area contributed by atoms with E-state index in [1.807, 2.05) is 0 Å². The summed E-state index contributed by atoms with van der Waals surface area (Å²) >= 11 is 3.40. The molecule has 2 nitrogen and oxygen atoms in total. The number of aliphatic hydroxyl groups excluding tert-OH is 1. The van der Waals surface area contributed by atoms with E-state index in [2.05, 4.69) is 35.1 Å². The van der Waals surface area contributed by atoms with E-state index in [9.17, 15) is 4.39 Å². The summed E-state index contributed by atoms with van der Waals surface area (Å²) < 4.78 is 13.8. The summed E-state index contributed by atoms with van der Waals surface area (Å²) in [7, 11) is 0. The van der Waals surface area contributed by atoms with Gasteiger partial charge in [-0.1, -0.05) is 35.3 Å². The van der Waals surface area contributed by atoms with Gasteiger partial charge in [-0.25, -0.2) is 4.39 Å². The Morgan fingerprint density at radius 3 is 2.68 bits per heavy atom. The van der Waals surface area contributed by atoms with Crippen LogP contribution in [0.2, 0.25) is 0 Å². The monoisotopic (exact) mass is 331 g/mol. The molecule has 0 saturated heterocycles. The predicted octanol–water partition coefficient (Wildman–Crippen LogP) is 4.04. The first-order valence-electron chi connectivity index (χ1n) is 6.87. The van der Waals surface area contributed by atoms with Gasteiger partial charge in [0.2, 0.25) is 0 Å². The Morgan fingerprint density at radius 1 is 1.37 bits per heavy atom. The molecule has 0 aliphatic rings. The van der Waals surface area contributed by atoms with Crippen LogP contribution >= 0.6 is 15.9 Å². The summed E-state index contributed by atoms with van der Waals surface area (Å²) in [5, 5.41) is 12.5. The van der Waals surface area contributed by atoms with Gasteiger partial charge in [0.15, 0.2) is 0 Å². The van der Waals surface area contributed by atoms with Crippen molar-refractivity contribution in [1.82, 2.24) is 5.32 Å². The number of rotatable bonds is 8. The van der Waals surface area contributed by atoms with E-state index >= 15 is 0 Å². The van der Waals surface area contributed by atoms with Gasteiger partial charge in [-0.2, -0.15) is 0 Å². The van der Waals surface area contributed by atoms with Gasteiger partial charge in [-0.05, 0) is 49.9 Å². The normalized spacial score (nSPS) is 14.4. The average molecular weight is 332 g/mol. The maximum absolute atomic E-state index is 13.0. The van der Waals surface area contributed by atoms with Gasteiger partial charge in [-0.3, -0.25) is 0 Å². The molecule has 0 bridgehead atoms. The fourth-order valence-corrected chi connectivity index (χ4v) is 2.94. The molecule has 108 valence electrons. The molecular weight excluding hydrogens is 309 g/mol. The lowest BCUT2D eigenvalue weighted by atomic mass is 9.99. The number of halogens is 2. The molecular formula is C15H23BrFNO. The minimum absolute atomic E-state index is 0.160. The highest BCUT2D eigenvalue weighted by Gasteiger charge is 2.13. The molecule has 2 N–H and O–H groups in total. The number of benzene rings is 1.